The van der Waals surface area contributed by atoms with Crippen molar-refractivity contribution in [3.05, 3.63) is 58.4 Å². The molecule has 0 aliphatic heterocycles. The molecule has 3 rings (SSSR count). The van der Waals surface area contributed by atoms with E-state index in [1.54, 1.807) is 0 Å². The average molecular weight is 307 g/mol. The predicted octanol–water partition coefficient (Wildman–Crippen LogP) is 4.39. The maximum Gasteiger partial charge on any atom is 0.0456 e. The molecule has 0 aliphatic rings. The molecule has 2 N–H and O–H groups in total. The summed E-state index contributed by atoms with van der Waals surface area (Å²) < 4.78 is 0. The molecule has 0 bridgehead atoms. The molecule has 0 spiro atoms. The number of halogens is 1. The van der Waals surface area contributed by atoms with Gasteiger partial charge < -0.3 is 10.3 Å². The van der Waals surface area contributed by atoms with Crippen LogP contribution in [-0.2, 0) is 0 Å². The van der Waals surface area contributed by atoms with E-state index in [1.807, 2.05) is 24.6 Å². The fraction of sp³-hybridized carbons (Fsp3) is 0.250. The third-order valence-electron chi connectivity index (χ3n) is 3.57. The summed E-state index contributed by atoms with van der Waals surface area (Å²) >= 11 is 1.85. The molecule has 1 aromatic carbocycles. The van der Waals surface area contributed by atoms with Crippen LogP contribution in [0, 0.1) is 0 Å². The van der Waals surface area contributed by atoms with Crippen LogP contribution >= 0.6 is 23.7 Å². The molecule has 1 atom stereocenters. The van der Waals surface area contributed by atoms with Crippen molar-refractivity contribution in [3.63, 3.8) is 0 Å². The van der Waals surface area contributed by atoms with E-state index in [-0.39, 0.29) is 12.4 Å². The van der Waals surface area contributed by atoms with Gasteiger partial charge in [-0.05, 0) is 49.2 Å². The molecular weight excluding hydrogens is 288 g/mol. The molecule has 3 aromatic rings. The summed E-state index contributed by atoms with van der Waals surface area (Å²) in [5.74, 6) is 0.479. The Balaban J connectivity index is 0.00000147. The van der Waals surface area contributed by atoms with Gasteiger partial charge in [0.25, 0.3) is 0 Å². The van der Waals surface area contributed by atoms with Crippen molar-refractivity contribution in [1.82, 2.24) is 10.3 Å². The van der Waals surface area contributed by atoms with Crippen molar-refractivity contribution >= 4 is 34.6 Å². The quantitative estimate of drug-likeness (QED) is 0.719. The second kappa shape index (κ2) is 6.93. The molecule has 106 valence electrons. The van der Waals surface area contributed by atoms with Gasteiger partial charge in [-0.15, -0.1) is 23.7 Å². The predicted molar refractivity (Wildman–Crippen MR) is 90.3 cm³/mol. The molecular formula is C16H19ClN2S. The highest BCUT2D eigenvalue weighted by molar-refractivity contribution is 7.10. The summed E-state index contributed by atoms with van der Waals surface area (Å²) in [6.07, 6.45) is 3.15. The molecule has 0 saturated carbocycles. The Morgan fingerprint density at radius 3 is 2.85 bits per heavy atom. The lowest BCUT2D eigenvalue weighted by Crippen LogP contribution is -2.12. The normalized spacial score (nSPS) is 12.2. The van der Waals surface area contributed by atoms with E-state index in [2.05, 4.69) is 52.1 Å². The molecule has 2 aromatic heterocycles. The van der Waals surface area contributed by atoms with Crippen molar-refractivity contribution in [2.45, 2.75) is 12.3 Å². The number of benzene rings is 1. The van der Waals surface area contributed by atoms with Gasteiger partial charge in [-0.1, -0.05) is 18.2 Å². The summed E-state index contributed by atoms with van der Waals surface area (Å²) in [5.41, 5.74) is 2.65. The molecule has 0 unspecified atom stereocenters. The third-order valence-corrected chi connectivity index (χ3v) is 4.56. The fourth-order valence-corrected chi connectivity index (χ4v) is 3.52. The minimum absolute atomic E-state index is 0. The van der Waals surface area contributed by atoms with Gasteiger partial charge >= 0.3 is 0 Å². The highest BCUT2D eigenvalue weighted by Gasteiger charge is 2.17. The van der Waals surface area contributed by atoms with Crippen molar-refractivity contribution < 1.29 is 0 Å². The van der Waals surface area contributed by atoms with Crippen LogP contribution in [-0.4, -0.2) is 18.6 Å². The molecule has 0 saturated heterocycles. The van der Waals surface area contributed by atoms with E-state index in [4.69, 9.17) is 0 Å². The Morgan fingerprint density at radius 1 is 1.20 bits per heavy atom. The first-order valence-corrected chi connectivity index (χ1v) is 7.52. The van der Waals surface area contributed by atoms with Gasteiger partial charge in [0.1, 0.15) is 0 Å². The highest BCUT2D eigenvalue weighted by Crippen LogP contribution is 2.34. The Labute approximate surface area is 129 Å². The molecule has 0 radical (unpaired) electrons. The van der Waals surface area contributed by atoms with Gasteiger partial charge in [0, 0.05) is 27.9 Å². The molecule has 4 heteroatoms. The summed E-state index contributed by atoms with van der Waals surface area (Å²) in [6, 6.07) is 13.1. The first-order chi connectivity index (χ1) is 9.40. The largest absolute Gasteiger partial charge is 0.361 e. The fourth-order valence-electron chi connectivity index (χ4n) is 2.64. The van der Waals surface area contributed by atoms with E-state index in [9.17, 15) is 0 Å². The second-order valence-electron chi connectivity index (χ2n) is 4.75. The molecule has 20 heavy (non-hydrogen) atoms. The molecule has 2 heterocycles. The zero-order valence-electron chi connectivity index (χ0n) is 11.4. The molecule has 0 amide bonds. The Bertz CT molecular complexity index is 645. The van der Waals surface area contributed by atoms with Crippen LogP contribution in [0.4, 0.5) is 0 Å². The number of nitrogens with one attached hydrogen (secondary N) is 2. The van der Waals surface area contributed by atoms with Crippen LogP contribution < -0.4 is 5.32 Å². The minimum Gasteiger partial charge on any atom is -0.361 e. The van der Waals surface area contributed by atoms with Gasteiger partial charge in [0.15, 0.2) is 0 Å². The Kier molecular flexibility index (Phi) is 5.24. The van der Waals surface area contributed by atoms with E-state index in [0.717, 1.165) is 13.0 Å². The molecule has 0 aliphatic carbocycles. The van der Waals surface area contributed by atoms with Crippen molar-refractivity contribution in [2.24, 2.45) is 0 Å². The van der Waals surface area contributed by atoms with E-state index >= 15 is 0 Å². The smallest absolute Gasteiger partial charge is 0.0456 e. The van der Waals surface area contributed by atoms with Gasteiger partial charge in [-0.25, -0.2) is 0 Å². The lowest BCUT2D eigenvalue weighted by Gasteiger charge is -2.17. The zero-order valence-corrected chi connectivity index (χ0v) is 13.1. The molecule has 0 fully saturated rings. The van der Waals surface area contributed by atoms with Crippen LogP contribution in [0.25, 0.3) is 10.9 Å². The summed E-state index contributed by atoms with van der Waals surface area (Å²) in [7, 11) is 2.02. The van der Waals surface area contributed by atoms with E-state index in [0.29, 0.717) is 5.92 Å². The average Bonchev–Trinajstić information content (AvgIpc) is 3.10. The van der Waals surface area contributed by atoms with Gasteiger partial charge in [-0.2, -0.15) is 0 Å². The van der Waals surface area contributed by atoms with Crippen LogP contribution in [0.1, 0.15) is 22.8 Å². The maximum atomic E-state index is 3.30. The molecule has 2 nitrogen and oxygen atoms in total. The summed E-state index contributed by atoms with van der Waals surface area (Å²) in [6.45, 7) is 1.03. The van der Waals surface area contributed by atoms with Crippen molar-refractivity contribution in [1.29, 1.82) is 0 Å². The standard InChI is InChI=1S/C16H18N2S.ClH/c1-17-9-7-14(16-6-3-11-19-16)12-4-2-5-15-13(12)8-10-18-15;/h2-6,8,10-11,14,17-18H,7,9H2,1H3;1H/t14-;/m1./s1. The monoisotopic (exact) mass is 306 g/mol. The van der Waals surface area contributed by atoms with Crippen LogP contribution in [0.3, 0.4) is 0 Å². The Hall–Kier alpha value is -1.29. The highest BCUT2D eigenvalue weighted by atomic mass is 35.5. The number of rotatable bonds is 5. The van der Waals surface area contributed by atoms with E-state index < -0.39 is 0 Å². The summed E-state index contributed by atoms with van der Waals surface area (Å²) in [5, 5.41) is 6.78. The number of hydrogen-bond donors (Lipinski definition) is 2. The SMILES string of the molecule is CNCC[C@@H](c1cccs1)c1cccc2[nH]ccc12.Cl. The number of thiophene rings is 1. The minimum atomic E-state index is 0. The lowest BCUT2D eigenvalue weighted by atomic mass is 9.91. The Morgan fingerprint density at radius 2 is 2.10 bits per heavy atom. The topological polar surface area (TPSA) is 27.8 Å². The number of H-pyrrole nitrogens is 1. The number of aromatic nitrogens is 1. The van der Waals surface area contributed by atoms with Gasteiger partial charge in [0.05, 0.1) is 0 Å². The number of hydrogen-bond acceptors (Lipinski definition) is 2. The third kappa shape index (κ3) is 2.90. The van der Waals surface area contributed by atoms with E-state index in [1.165, 1.54) is 21.3 Å². The number of fused-ring (bicyclic) bond motifs is 1. The first-order valence-electron chi connectivity index (χ1n) is 6.64. The maximum absolute atomic E-state index is 3.30. The zero-order chi connectivity index (χ0) is 13.1. The van der Waals surface area contributed by atoms with Crippen LogP contribution in [0.2, 0.25) is 0 Å². The lowest BCUT2D eigenvalue weighted by molar-refractivity contribution is 0.671. The van der Waals surface area contributed by atoms with Gasteiger partial charge in [0.2, 0.25) is 0 Å². The first kappa shape index (κ1) is 15.1. The van der Waals surface area contributed by atoms with Crippen molar-refractivity contribution in [2.75, 3.05) is 13.6 Å². The van der Waals surface area contributed by atoms with Gasteiger partial charge in [-0.3, -0.25) is 0 Å². The van der Waals surface area contributed by atoms with Crippen LogP contribution in [0.5, 0.6) is 0 Å². The number of aromatic amines is 1. The second-order valence-corrected chi connectivity index (χ2v) is 5.73. The van der Waals surface area contributed by atoms with Crippen molar-refractivity contribution in [3.8, 4) is 0 Å². The summed E-state index contributed by atoms with van der Waals surface area (Å²) in [4.78, 5) is 4.75. The van der Waals surface area contributed by atoms with Crippen LogP contribution in [0.15, 0.2) is 48.0 Å².